The summed E-state index contributed by atoms with van der Waals surface area (Å²) in [6.45, 7) is 2.14. The number of ether oxygens (including phenoxy) is 1. The van der Waals surface area contributed by atoms with Crippen molar-refractivity contribution >= 4 is 11.0 Å². The number of fused-ring (bicyclic) bond motifs is 1. The van der Waals surface area contributed by atoms with Gasteiger partial charge in [0.15, 0.2) is 5.52 Å². The third-order valence-corrected chi connectivity index (χ3v) is 4.40. The van der Waals surface area contributed by atoms with Gasteiger partial charge in [-0.2, -0.15) is 5.10 Å². The molecule has 0 aliphatic heterocycles. The SMILES string of the molecule is COc1ccc(Cn2cc3nc(CNCC4CC4)[nH]c(=O)c3n2)cc1. The fourth-order valence-electron chi connectivity index (χ4n) is 2.82. The van der Waals surface area contributed by atoms with Crippen molar-refractivity contribution in [3.8, 4) is 5.75 Å². The van der Waals surface area contributed by atoms with E-state index in [1.807, 2.05) is 30.5 Å². The maximum Gasteiger partial charge on any atom is 0.279 e. The van der Waals surface area contributed by atoms with Crippen LogP contribution >= 0.6 is 0 Å². The van der Waals surface area contributed by atoms with E-state index in [4.69, 9.17) is 4.74 Å². The largest absolute Gasteiger partial charge is 0.497 e. The van der Waals surface area contributed by atoms with Gasteiger partial charge in [0, 0.05) is 0 Å². The van der Waals surface area contributed by atoms with Crippen LogP contribution in [0.2, 0.25) is 0 Å². The molecule has 130 valence electrons. The highest BCUT2D eigenvalue weighted by atomic mass is 16.5. The van der Waals surface area contributed by atoms with Gasteiger partial charge >= 0.3 is 0 Å². The summed E-state index contributed by atoms with van der Waals surface area (Å²) in [5, 5.41) is 7.71. The average Bonchev–Trinajstić information content (AvgIpc) is 3.34. The van der Waals surface area contributed by atoms with Gasteiger partial charge in [-0.1, -0.05) is 12.1 Å². The quantitative estimate of drug-likeness (QED) is 0.684. The van der Waals surface area contributed by atoms with E-state index in [-0.39, 0.29) is 5.56 Å². The Morgan fingerprint density at radius 2 is 2.12 bits per heavy atom. The van der Waals surface area contributed by atoms with Crippen molar-refractivity contribution in [2.24, 2.45) is 5.92 Å². The highest BCUT2D eigenvalue weighted by Crippen LogP contribution is 2.27. The van der Waals surface area contributed by atoms with Crippen molar-refractivity contribution in [1.82, 2.24) is 25.1 Å². The van der Waals surface area contributed by atoms with Gasteiger partial charge in [-0.05, 0) is 43.0 Å². The summed E-state index contributed by atoms with van der Waals surface area (Å²) in [6, 6.07) is 7.78. The Morgan fingerprint density at radius 1 is 1.32 bits per heavy atom. The van der Waals surface area contributed by atoms with E-state index in [9.17, 15) is 4.79 Å². The van der Waals surface area contributed by atoms with E-state index >= 15 is 0 Å². The molecule has 2 heterocycles. The summed E-state index contributed by atoms with van der Waals surface area (Å²) >= 11 is 0. The van der Waals surface area contributed by atoms with Crippen molar-refractivity contribution < 1.29 is 4.74 Å². The summed E-state index contributed by atoms with van der Waals surface area (Å²) in [6.07, 6.45) is 4.42. The Kier molecular flexibility index (Phi) is 4.23. The second-order valence-corrected chi connectivity index (χ2v) is 6.50. The number of nitrogens with one attached hydrogen (secondary N) is 2. The summed E-state index contributed by atoms with van der Waals surface area (Å²) in [7, 11) is 1.64. The van der Waals surface area contributed by atoms with Crippen LogP contribution in [0.3, 0.4) is 0 Å². The summed E-state index contributed by atoms with van der Waals surface area (Å²) in [4.78, 5) is 19.6. The van der Waals surface area contributed by atoms with Gasteiger partial charge in [-0.3, -0.25) is 9.48 Å². The molecular weight excluding hydrogens is 318 g/mol. The molecule has 2 aromatic heterocycles. The van der Waals surface area contributed by atoms with Gasteiger partial charge in [0.05, 0.1) is 26.4 Å². The van der Waals surface area contributed by atoms with Crippen LogP contribution < -0.4 is 15.6 Å². The third kappa shape index (κ3) is 3.71. The second kappa shape index (κ2) is 6.68. The number of rotatable bonds is 7. The Labute approximate surface area is 145 Å². The smallest absolute Gasteiger partial charge is 0.279 e. The summed E-state index contributed by atoms with van der Waals surface area (Å²) in [5.74, 6) is 2.26. The molecule has 4 rings (SSSR count). The maximum absolute atomic E-state index is 12.2. The predicted molar refractivity (Wildman–Crippen MR) is 94.7 cm³/mol. The fraction of sp³-hybridized carbons (Fsp3) is 0.389. The molecule has 1 aliphatic rings. The predicted octanol–water partition coefficient (Wildman–Crippen LogP) is 1.68. The fourth-order valence-corrected chi connectivity index (χ4v) is 2.82. The highest BCUT2D eigenvalue weighted by Gasteiger charge is 2.20. The molecule has 0 spiro atoms. The number of benzene rings is 1. The normalized spacial score (nSPS) is 14.1. The highest BCUT2D eigenvalue weighted by molar-refractivity contribution is 5.72. The minimum Gasteiger partial charge on any atom is -0.497 e. The number of nitrogens with zero attached hydrogens (tertiary/aromatic N) is 3. The van der Waals surface area contributed by atoms with Gasteiger partial charge in [-0.15, -0.1) is 0 Å². The number of aromatic amines is 1. The van der Waals surface area contributed by atoms with Gasteiger partial charge in [0.2, 0.25) is 0 Å². The lowest BCUT2D eigenvalue weighted by atomic mass is 10.2. The molecule has 1 aliphatic carbocycles. The van der Waals surface area contributed by atoms with E-state index in [1.54, 1.807) is 11.8 Å². The first-order valence-corrected chi connectivity index (χ1v) is 8.51. The number of hydrogen-bond acceptors (Lipinski definition) is 5. The van der Waals surface area contributed by atoms with E-state index in [2.05, 4.69) is 20.4 Å². The molecule has 0 unspecified atom stereocenters. The molecular formula is C18H21N5O2. The first-order valence-electron chi connectivity index (χ1n) is 8.51. The van der Waals surface area contributed by atoms with Crippen LogP contribution in [-0.2, 0) is 13.1 Å². The van der Waals surface area contributed by atoms with E-state index in [1.165, 1.54) is 12.8 Å². The first kappa shape index (κ1) is 15.8. The molecule has 3 aromatic rings. The molecule has 1 fully saturated rings. The average molecular weight is 339 g/mol. The van der Waals surface area contributed by atoms with Gasteiger partial charge in [0.1, 0.15) is 17.1 Å². The Bertz CT molecular complexity index is 925. The molecule has 2 N–H and O–H groups in total. The van der Waals surface area contributed by atoms with Gasteiger partial charge in [0.25, 0.3) is 5.56 Å². The van der Waals surface area contributed by atoms with Crippen molar-refractivity contribution in [1.29, 1.82) is 0 Å². The summed E-state index contributed by atoms with van der Waals surface area (Å²) < 4.78 is 6.91. The monoisotopic (exact) mass is 339 g/mol. The topological polar surface area (TPSA) is 84.8 Å². The van der Waals surface area contributed by atoms with Crippen molar-refractivity contribution in [2.45, 2.75) is 25.9 Å². The summed E-state index contributed by atoms with van der Waals surface area (Å²) in [5.41, 5.74) is 1.89. The molecule has 7 nitrogen and oxygen atoms in total. The molecule has 0 bridgehead atoms. The van der Waals surface area contributed by atoms with Crippen molar-refractivity contribution in [3.63, 3.8) is 0 Å². The van der Waals surface area contributed by atoms with E-state index in [0.717, 1.165) is 23.8 Å². The van der Waals surface area contributed by atoms with Gasteiger partial charge in [-0.25, -0.2) is 4.98 Å². The molecule has 0 radical (unpaired) electrons. The lowest BCUT2D eigenvalue weighted by Gasteiger charge is -2.03. The molecule has 0 atom stereocenters. The van der Waals surface area contributed by atoms with Crippen LogP contribution in [0.1, 0.15) is 24.2 Å². The Hall–Kier alpha value is -2.67. The van der Waals surface area contributed by atoms with Crippen LogP contribution in [0.15, 0.2) is 35.3 Å². The Morgan fingerprint density at radius 3 is 2.84 bits per heavy atom. The molecule has 0 amide bonds. The third-order valence-electron chi connectivity index (χ3n) is 4.40. The number of methoxy groups -OCH3 is 1. The minimum absolute atomic E-state index is 0.193. The lowest BCUT2D eigenvalue weighted by Crippen LogP contribution is -2.21. The Balaban J connectivity index is 1.51. The van der Waals surface area contributed by atoms with E-state index in [0.29, 0.717) is 29.9 Å². The van der Waals surface area contributed by atoms with Gasteiger partial charge < -0.3 is 15.0 Å². The molecule has 0 saturated heterocycles. The molecule has 7 heteroatoms. The second-order valence-electron chi connectivity index (χ2n) is 6.50. The van der Waals surface area contributed by atoms with Crippen LogP contribution in [0.25, 0.3) is 11.0 Å². The van der Waals surface area contributed by atoms with Crippen LogP contribution in [0, 0.1) is 5.92 Å². The zero-order valence-electron chi connectivity index (χ0n) is 14.2. The first-order chi connectivity index (χ1) is 12.2. The van der Waals surface area contributed by atoms with Crippen molar-refractivity contribution in [3.05, 3.63) is 52.2 Å². The molecule has 25 heavy (non-hydrogen) atoms. The zero-order chi connectivity index (χ0) is 17.2. The number of H-pyrrole nitrogens is 1. The molecule has 1 aromatic carbocycles. The van der Waals surface area contributed by atoms with Crippen molar-refractivity contribution in [2.75, 3.05) is 13.7 Å². The van der Waals surface area contributed by atoms with Crippen LogP contribution in [0.4, 0.5) is 0 Å². The lowest BCUT2D eigenvalue weighted by molar-refractivity contribution is 0.414. The van der Waals surface area contributed by atoms with E-state index < -0.39 is 0 Å². The van der Waals surface area contributed by atoms with Crippen LogP contribution in [-0.4, -0.2) is 33.4 Å². The number of aromatic nitrogens is 4. The maximum atomic E-state index is 12.2. The standard InChI is InChI=1S/C18H21N5O2/c1-25-14-6-4-13(5-7-14)10-23-11-15-17(22-23)18(24)21-16(20-15)9-19-8-12-2-3-12/h4-7,11-12,19H,2-3,8-10H2,1H3,(H,20,21,24). The molecule has 1 saturated carbocycles. The van der Waals surface area contributed by atoms with Crippen LogP contribution in [0.5, 0.6) is 5.75 Å². The minimum atomic E-state index is -0.193. The zero-order valence-corrected chi connectivity index (χ0v) is 14.2. The number of hydrogen-bond donors (Lipinski definition) is 2.